The number of hydrogen-bond donors (Lipinski definition) is 0. The van der Waals surface area contributed by atoms with E-state index < -0.39 is 0 Å². The molecule has 0 bridgehead atoms. The fraction of sp³-hybridized carbons (Fsp3) is 0.294. The Morgan fingerprint density at radius 3 is 2.62 bits per heavy atom. The minimum atomic E-state index is 0.723. The summed E-state index contributed by atoms with van der Waals surface area (Å²) in [5, 5.41) is 10.4. The summed E-state index contributed by atoms with van der Waals surface area (Å²) in [5.41, 5.74) is 3.01. The van der Waals surface area contributed by atoms with E-state index in [0.29, 0.717) is 0 Å². The van der Waals surface area contributed by atoms with Crippen LogP contribution < -0.4 is 4.90 Å². The molecular formula is C17H17N3S. The summed E-state index contributed by atoms with van der Waals surface area (Å²) in [7, 11) is 0. The van der Waals surface area contributed by atoms with Crippen molar-refractivity contribution in [3.8, 4) is 6.07 Å². The Labute approximate surface area is 129 Å². The molecule has 3 nitrogen and oxygen atoms in total. The van der Waals surface area contributed by atoms with Gasteiger partial charge in [0.1, 0.15) is 16.7 Å². The largest absolute Gasteiger partial charge is 0.370 e. The first-order valence-electron chi connectivity index (χ1n) is 7.19. The average molecular weight is 295 g/mol. The number of nitrogens with zero attached hydrogens (tertiary/aromatic N) is 3. The summed E-state index contributed by atoms with van der Waals surface area (Å²) in [5.74, 6) is 0.839. The van der Waals surface area contributed by atoms with Crippen LogP contribution in [0.4, 0.5) is 5.69 Å². The zero-order chi connectivity index (χ0) is 14.5. The summed E-state index contributed by atoms with van der Waals surface area (Å²) in [4.78, 5) is 6.71. The second kappa shape index (κ2) is 6.64. The molecule has 0 N–H and O–H groups in total. The van der Waals surface area contributed by atoms with E-state index in [-0.39, 0.29) is 0 Å². The van der Waals surface area contributed by atoms with Gasteiger partial charge in [0.2, 0.25) is 0 Å². The van der Waals surface area contributed by atoms with Crippen molar-refractivity contribution in [3.05, 3.63) is 53.7 Å². The monoisotopic (exact) mass is 295 g/mol. The third-order valence-corrected chi connectivity index (χ3v) is 4.73. The molecule has 1 aromatic heterocycles. The summed E-state index contributed by atoms with van der Waals surface area (Å²) in [6, 6.07) is 14.6. The standard InChI is InChI=1S/C17H17N3S/c18-12-15-16(20-10-4-5-11-20)8-9-19-17(15)21-13-14-6-2-1-3-7-14/h1-3,6-9H,4-5,10-11,13H2. The van der Waals surface area contributed by atoms with Gasteiger partial charge in [0.15, 0.2) is 0 Å². The van der Waals surface area contributed by atoms with Gasteiger partial charge in [-0.3, -0.25) is 0 Å². The smallest absolute Gasteiger partial charge is 0.116 e. The average Bonchev–Trinajstić information content (AvgIpc) is 3.07. The van der Waals surface area contributed by atoms with E-state index in [1.165, 1.54) is 18.4 Å². The first kappa shape index (κ1) is 14.0. The van der Waals surface area contributed by atoms with E-state index in [0.717, 1.165) is 35.1 Å². The number of benzene rings is 1. The first-order chi connectivity index (χ1) is 10.4. The van der Waals surface area contributed by atoms with Crippen LogP contribution in [0, 0.1) is 11.3 Å². The molecule has 2 heterocycles. The van der Waals surface area contributed by atoms with E-state index in [9.17, 15) is 5.26 Å². The highest BCUT2D eigenvalue weighted by Crippen LogP contribution is 2.31. The molecule has 106 valence electrons. The quantitative estimate of drug-likeness (QED) is 0.803. The molecule has 2 aromatic rings. The molecule has 1 aliphatic rings. The molecule has 0 saturated carbocycles. The lowest BCUT2D eigenvalue weighted by Gasteiger charge is -2.19. The molecule has 0 amide bonds. The van der Waals surface area contributed by atoms with E-state index in [2.05, 4.69) is 28.1 Å². The summed E-state index contributed by atoms with van der Waals surface area (Å²) in [6.45, 7) is 2.09. The highest BCUT2D eigenvalue weighted by atomic mass is 32.2. The molecule has 4 heteroatoms. The fourth-order valence-electron chi connectivity index (χ4n) is 2.60. The van der Waals surface area contributed by atoms with Gasteiger partial charge in [-0.25, -0.2) is 4.98 Å². The molecule has 1 fully saturated rings. The second-order valence-electron chi connectivity index (χ2n) is 5.09. The maximum atomic E-state index is 9.53. The number of rotatable bonds is 4. The first-order valence-corrected chi connectivity index (χ1v) is 8.18. The summed E-state index contributed by atoms with van der Waals surface area (Å²) >= 11 is 1.64. The zero-order valence-electron chi connectivity index (χ0n) is 11.8. The second-order valence-corrected chi connectivity index (χ2v) is 6.05. The molecular weight excluding hydrogens is 278 g/mol. The van der Waals surface area contributed by atoms with Gasteiger partial charge in [0.05, 0.1) is 5.69 Å². The number of aromatic nitrogens is 1. The lowest BCUT2D eigenvalue weighted by Crippen LogP contribution is -2.19. The van der Waals surface area contributed by atoms with Crippen LogP contribution in [0.2, 0.25) is 0 Å². The molecule has 0 atom stereocenters. The van der Waals surface area contributed by atoms with Crippen molar-refractivity contribution in [1.82, 2.24) is 4.98 Å². The molecule has 1 saturated heterocycles. The maximum Gasteiger partial charge on any atom is 0.116 e. The molecule has 0 spiro atoms. The number of anilines is 1. The van der Waals surface area contributed by atoms with Gasteiger partial charge in [0, 0.05) is 25.0 Å². The topological polar surface area (TPSA) is 39.9 Å². The Hall–Kier alpha value is -1.99. The Morgan fingerprint density at radius 2 is 1.90 bits per heavy atom. The number of pyridine rings is 1. The van der Waals surface area contributed by atoms with E-state index >= 15 is 0 Å². The van der Waals surface area contributed by atoms with Crippen LogP contribution in [-0.4, -0.2) is 18.1 Å². The molecule has 1 aliphatic heterocycles. The van der Waals surface area contributed by atoms with E-state index in [1.807, 2.05) is 30.5 Å². The lowest BCUT2D eigenvalue weighted by atomic mass is 10.2. The third-order valence-electron chi connectivity index (χ3n) is 3.67. The summed E-state index contributed by atoms with van der Waals surface area (Å²) < 4.78 is 0. The third kappa shape index (κ3) is 3.20. The van der Waals surface area contributed by atoms with Crippen molar-refractivity contribution in [2.24, 2.45) is 0 Å². The van der Waals surface area contributed by atoms with Crippen molar-refractivity contribution in [2.45, 2.75) is 23.6 Å². The Kier molecular flexibility index (Phi) is 4.42. The van der Waals surface area contributed by atoms with Gasteiger partial charge in [-0.1, -0.05) is 30.3 Å². The normalized spacial score (nSPS) is 14.1. The predicted molar refractivity (Wildman–Crippen MR) is 86.4 cm³/mol. The highest BCUT2D eigenvalue weighted by molar-refractivity contribution is 7.98. The molecule has 0 unspecified atom stereocenters. The predicted octanol–water partition coefficient (Wildman–Crippen LogP) is 3.85. The zero-order valence-corrected chi connectivity index (χ0v) is 12.6. The van der Waals surface area contributed by atoms with Gasteiger partial charge < -0.3 is 4.90 Å². The van der Waals surface area contributed by atoms with Crippen molar-refractivity contribution in [2.75, 3.05) is 18.0 Å². The molecule has 3 rings (SSSR count). The molecule has 0 aliphatic carbocycles. The lowest BCUT2D eigenvalue weighted by molar-refractivity contribution is 0.948. The fourth-order valence-corrected chi connectivity index (χ4v) is 3.52. The molecule has 1 aromatic carbocycles. The van der Waals surface area contributed by atoms with Crippen LogP contribution in [0.25, 0.3) is 0 Å². The van der Waals surface area contributed by atoms with Gasteiger partial charge in [-0.15, -0.1) is 11.8 Å². The Bertz CT molecular complexity index is 643. The van der Waals surface area contributed by atoms with Crippen LogP contribution in [0.3, 0.4) is 0 Å². The number of hydrogen-bond acceptors (Lipinski definition) is 4. The van der Waals surface area contributed by atoms with Crippen LogP contribution in [0.15, 0.2) is 47.6 Å². The van der Waals surface area contributed by atoms with Crippen molar-refractivity contribution >= 4 is 17.4 Å². The molecule has 0 radical (unpaired) electrons. The van der Waals surface area contributed by atoms with Crippen molar-refractivity contribution in [1.29, 1.82) is 5.26 Å². The Morgan fingerprint density at radius 1 is 1.14 bits per heavy atom. The summed E-state index contributed by atoms with van der Waals surface area (Å²) in [6.07, 6.45) is 4.24. The Balaban J connectivity index is 1.81. The van der Waals surface area contributed by atoms with Gasteiger partial charge in [0.25, 0.3) is 0 Å². The maximum absolute atomic E-state index is 9.53. The van der Waals surface area contributed by atoms with Gasteiger partial charge >= 0.3 is 0 Å². The van der Waals surface area contributed by atoms with Crippen molar-refractivity contribution < 1.29 is 0 Å². The van der Waals surface area contributed by atoms with Crippen LogP contribution in [-0.2, 0) is 5.75 Å². The SMILES string of the molecule is N#Cc1c(N2CCCC2)ccnc1SCc1ccccc1. The number of nitriles is 1. The van der Waals surface area contributed by atoms with Gasteiger partial charge in [-0.2, -0.15) is 5.26 Å². The van der Waals surface area contributed by atoms with E-state index in [4.69, 9.17) is 0 Å². The minimum absolute atomic E-state index is 0.723. The highest BCUT2D eigenvalue weighted by Gasteiger charge is 2.18. The van der Waals surface area contributed by atoms with E-state index in [1.54, 1.807) is 11.8 Å². The van der Waals surface area contributed by atoms with Crippen LogP contribution in [0.1, 0.15) is 24.0 Å². The minimum Gasteiger partial charge on any atom is -0.370 e. The van der Waals surface area contributed by atoms with Crippen LogP contribution >= 0.6 is 11.8 Å². The van der Waals surface area contributed by atoms with Crippen molar-refractivity contribution in [3.63, 3.8) is 0 Å². The van der Waals surface area contributed by atoms with Gasteiger partial charge in [-0.05, 0) is 24.5 Å². The molecule has 21 heavy (non-hydrogen) atoms. The van der Waals surface area contributed by atoms with Crippen LogP contribution in [0.5, 0.6) is 0 Å². The number of thioether (sulfide) groups is 1.